The SMILES string of the molecule is CCCCCCCCC/C=C\CCCCCCCCCC(=O)OCCCCCCCCCCCCCCCCCCCCCCC(=O)NC(CO)C(O)/C=C/CCCCCCCCCCCCCCCCCCCCCC. The van der Waals surface area contributed by atoms with Gasteiger partial charge in [-0.3, -0.25) is 9.59 Å². The van der Waals surface area contributed by atoms with Crippen LogP contribution in [0.3, 0.4) is 0 Å². The minimum absolute atomic E-state index is 0.00803. The van der Waals surface area contributed by atoms with Crippen molar-refractivity contribution in [2.24, 2.45) is 0 Å². The summed E-state index contributed by atoms with van der Waals surface area (Å²) >= 11 is 0. The van der Waals surface area contributed by atoms with Gasteiger partial charge in [-0.1, -0.05) is 346 Å². The molecule has 0 aliphatic rings. The van der Waals surface area contributed by atoms with Gasteiger partial charge in [0.25, 0.3) is 0 Å². The molecule has 1 amide bonds. The van der Waals surface area contributed by atoms with Crippen molar-refractivity contribution in [1.29, 1.82) is 0 Å². The first kappa shape index (κ1) is 75.3. The number of esters is 1. The third-order valence-corrected chi connectivity index (χ3v) is 16.5. The van der Waals surface area contributed by atoms with Crippen LogP contribution in [-0.2, 0) is 14.3 Å². The van der Waals surface area contributed by atoms with Crippen LogP contribution in [0, 0.1) is 0 Å². The largest absolute Gasteiger partial charge is 0.466 e. The van der Waals surface area contributed by atoms with Crippen LogP contribution in [0.4, 0.5) is 0 Å². The number of hydrogen-bond donors (Lipinski definition) is 3. The highest BCUT2D eigenvalue weighted by molar-refractivity contribution is 5.76. The maximum atomic E-state index is 12.5. The maximum Gasteiger partial charge on any atom is 0.305 e. The third-order valence-electron chi connectivity index (χ3n) is 16.5. The summed E-state index contributed by atoms with van der Waals surface area (Å²) in [5.41, 5.74) is 0. The van der Waals surface area contributed by atoms with E-state index in [2.05, 4.69) is 31.3 Å². The van der Waals surface area contributed by atoms with E-state index in [-0.39, 0.29) is 18.5 Å². The molecule has 0 aliphatic carbocycles. The standard InChI is InChI=1S/C71H137NO5/c1-3-5-7-9-11-13-15-17-19-21-23-24-25-28-31-35-39-43-47-51-55-59-63-69(74)68(67-73)72-70(75)64-60-56-52-48-44-40-36-32-29-26-27-30-34-38-42-46-50-54-58-62-66-77-71(76)65-61-57-53-49-45-41-37-33-22-20-18-16-14-12-10-8-6-4-2/h20,22,59,63,68-69,73-74H,3-19,21,23-58,60-62,64-67H2,1-2H3,(H,72,75)/b22-20-,63-59+. The monoisotopic (exact) mass is 1080 g/mol. The lowest BCUT2D eigenvalue weighted by molar-refractivity contribution is -0.143. The van der Waals surface area contributed by atoms with Crippen molar-refractivity contribution in [2.45, 2.75) is 405 Å². The van der Waals surface area contributed by atoms with Gasteiger partial charge in [-0.15, -0.1) is 0 Å². The second-order valence-corrected chi connectivity index (χ2v) is 24.2. The molecule has 0 heterocycles. The van der Waals surface area contributed by atoms with E-state index in [1.165, 1.54) is 321 Å². The predicted molar refractivity (Wildman–Crippen MR) is 338 cm³/mol. The first-order valence-electron chi connectivity index (χ1n) is 35.1. The summed E-state index contributed by atoms with van der Waals surface area (Å²) < 4.78 is 5.50. The van der Waals surface area contributed by atoms with Crippen LogP contribution in [0.25, 0.3) is 0 Å². The van der Waals surface area contributed by atoms with E-state index in [9.17, 15) is 19.8 Å². The molecule has 6 nitrogen and oxygen atoms in total. The Labute approximate surface area is 481 Å². The lowest BCUT2D eigenvalue weighted by Gasteiger charge is -2.20. The molecule has 456 valence electrons. The molecule has 0 aromatic heterocycles. The van der Waals surface area contributed by atoms with Crippen molar-refractivity contribution in [3.05, 3.63) is 24.3 Å². The normalized spacial score (nSPS) is 12.6. The molecule has 0 fully saturated rings. The van der Waals surface area contributed by atoms with Gasteiger partial charge in [0, 0.05) is 12.8 Å². The summed E-state index contributed by atoms with van der Waals surface area (Å²) in [5.74, 6) is -0.0577. The van der Waals surface area contributed by atoms with Crippen molar-refractivity contribution in [3.63, 3.8) is 0 Å². The average Bonchev–Trinajstić information content (AvgIpc) is 3.43. The number of ether oxygens (including phenoxy) is 1. The number of nitrogens with one attached hydrogen (secondary N) is 1. The molecule has 77 heavy (non-hydrogen) atoms. The molecule has 0 spiro atoms. The second kappa shape index (κ2) is 66.8. The molecule has 6 heteroatoms. The van der Waals surface area contributed by atoms with Crippen LogP contribution < -0.4 is 5.32 Å². The Morgan fingerprint density at radius 3 is 0.922 bits per heavy atom. The van der Waals surface area contributed by atoms with Gasteiger partial charge in [-0.05, 0) is 57.8 Å². The Bertz CT molecular complexity index is 1200. The van der Waals surface area contributed by atoms with Crippen molar-refractivity contribution in [2.75, 3.05) is 13.2 Å². The zero-order valence-corrected chi connectivity index (χ0v) is 52.2. The van der Waals surface area contributed by atoms with Gasteiger partial charge in [-0.2, -0.15) is 0 Å². The molecule has 0 saturated heterocycles. The molecule has 0 rings (SSSR count). The van der Waals surface area contributed by atoms with Gasteiger partial charge < -0.3 is 20.3 Å². The fourth-order valence-electron chi connectivity index (χ4n) is 11.1. The number of amides is 1. The van der Waals surface area contributed by atoms with E-state index in [1.54, 1.807) is 6.08 Å². The molecule has 0 aliphatic heterocycles. The summed E-state index contributed by atoms with van der Waals surface area (Å²) in [6.07, 6.45) is 83.9. The van der Waals surface area contributed by atoms with E-state index in [0.29, 0.717) is 19.4 Å². The Balaban J connectivity index is 3.41. The molecule has 0 bridgehead atoms. The van der Waals surface area contributed by atoms with Crippen LogP contribution in [-0.4, -0.2) is 47.4 Å². The van der Waals surface area contributed by atoms with Gasteiger partial charge in [0.2, 0.25) is 5.91 Å². The highest BCUT2D eigenvalue weighted by Crippen LogP contribution is 2.19. The highest BCUT2D eigenvalue weighted by Gasteiger charge is 2.18. The van der Waals surface area contributed by atoms with Crippen molar-refractivity contribution in [3.8, 4) is 0 Å². The number of hydrogen-bond acceptors (Lipinski definition) is 5. The molecule has 0 saturated carbocycles. The van der Waals surface area contributed by atoms with Crippen LogP contribution >= 0.6 is 0 Å². The summed E-state index contributed by atoms with van der Waals surface area (Å²) in [5, 5.41) is 23.3. The molecule has 2 unspecified atom stereocenters. The number of rotatable bonds is 66. The molecule has 0 radical (unpaired) electrons. The quantitative estimate of drug-likeness (QED) is 0.0320. The predicted octanol–water partition coefficient (Wildman–Crippen LogP) is 22.5. The molecular formula is C71H137NO5. The van der Waals surface area contributed by atoms with E-state index >= 15 is 0 Å². The zero-order valence-electron chi connectivity index (χ0n) is 52.2. The fourth-order valence-corrected chi connectivity index (χ4v) is 11.1. The molecular weight excluding hydrogens is 947 g/mol. The van der Waals surface area contributed by atoms with Gasteiger partial charge in [0.1, 0.15) is 0 Å². The zero-order chi connectivity index (χ0) is 55.7. The Kier molecular flexibility index (Phi) is 65.4. The van der Waals surface area contributed by atoms with Crippen LogP contribution in [0.15, 0.2) is 24.3 Å². The van der Waals surface area contributed by atoms with E-state index in [1.807, 2.05) is 6.08 Å². The summed E-state index contributed by atoms with van der Waals surface area (Å²) in [4.78, 5) is 24.6. The summed E-state index contributed by atoms with van der Waals surface area (Å²) in [6.45, 7) is 4.94. The maximum absolute atomic E-state index is 12.5. The third kappa shape index (κ3) is 63.4. The van der Waals surface area contributed by atoms with E-state index < -0.39 is 12.1 Å². The fraction of sp³-hybridized carbons (Fsp3) is 0.915. The van der Waals surface area contributed by atoms with Gasteiger partial charge >= 0.3 is 5.97 Å². The summed E-state index contributed by atoms with van der Waals surface area (Å²) in [6, 6.07) is -0.630. The van der Waals surface area contributed by atoms with E-state index in [4.69, 9.17) is 4.74 Å². The number of unbranched alkanes of at least 4 members (excludes halogenated alkanes) is 53. The highest BCUT2D eigenvalue weighted by atomic mass is 16.5. The van der Waals surface area contributed by atoms with Gasteiger partial charge in [0.05, 0.1) is 25.4 Å². The smallest absolute Gasteiger partial charge is 0.305 e. The lowest BCUT2D eigenvalue weighted by atomic mass is 10.0. The number of aliphatic hydroxyl groups excluding tert-OH is 2. The minimum Gasteiger partial charge on any atom is -0.466 e. The minimum atomic E-state index is -0.847. The van der Waals surface area contributed by atoms with Crippen molar-refractivity contribution < 1.29 is 24.5 Å². The van der Waals surface area contributed by atoms with Crippen LogP contribution in [0.1, 0.15) is 393 Å². The number of aliphatic hydroxyl groups is 2. The molecule has 3 N–H and O–H groups in total. The Morgan fingerprint density at radius 1 is 0.351 bits per heavy atom. The molecule has 0 aromatic rings. The lowest BCUT2D eigenvalue weighted by Crippen LogP contribution is -2.45. The number of allylic oxidation sites excluding steroid dienone is 3. The Hall–Kier alpha value is -1.66. The first-order valence-corrected chi connectivity index (χ1v) is 35.1. The van der Waals surface area contributed by atoms with Crippen molar-refractivity contribution in [1.82, 2.24) is 5.32 Å². The first-order chi connectivity index (χ1) is 38.0. The topological polar surface area (TPSA) is 95.9 Å². The van der Waals surface area contributed by atoms with Crippen LogP contribution in [0.5, 0.6) is 0 Å². The second-order valence-electron chi connectivity index (χ2n) is 24.2. The van der Waals surface area contributed by atoms with Crippen LogP contribution in [0.2, 0.25) is 0 Å². The number of carbonyl (C=O) groups excluding carboxylic acids is 2. The van der Waals surface area contributed by atoms with E-state index in [0.717, 1.165) is 44.9 Å². The number of carbonyl (C=O) groups is 2. The van der Waals surface area contributed by atoms with Gasteiger partial charge in [0.15, 0.2) is 0 Å². The molecule has 0 aromatic carbocycles. The molecule has 2 atom stereocenters. The Morgan fingerprint density at radius 2 is 0.610 bits per heavy atom. The van der Waals surface area contributed by atoms with Crippen molar-refractivity contribution >= 4 is 11.9 Å². The average molecular weight is 1080 g/mol. The summed E-state index contributed by atoms with van der Waals surface area (Å²) in [7, 11) is 0. The van der Waals surface area contributed by atoms with Gasteiger partial charge in [-0.25, -0.2) is 0 Å².